The molecular weight excluding hydrogens is 987 g/mol. The first-order valence-corrected chi connectivity index (χ1v) is 27.6. The summed E-state index contributed by atoms with van der Waals surface area (Å²) in [6.07, 6.45) is 12.6. The molecule has 2 atom stereocenters. The number of ether oxygens (including phenoxy) is 1. The average molecular weight is 1050 g/mol. The fraction of sp³-hybridized carbons (Fsp3) is 0.451. The van der Waals surface area contributed by atoms with E-state index in [2.05, 4.69) is 102 Å². The van der Waals surface area contributed by atoms with Crippen LogP contribution in [0.25, 0.3) is 11.0 Å². The Balaban J connectivity index is 0.705. The smallest absolute Gasteiger partial charge is 0.255 e. The Morgan fingerprint density at radius 2 is 1.65 bits per heavy atom. The first-order valence-electron chi connectivity index (χ1n) is 24.7. The number of fused-ring (bicyclic) bond motifs is 2. The zero-order valence-electron chi connectivity index (χ0n) is 40.6. The Bertz CT molecular complexity index is 2950. The minimum Gasteiger partial charge on any atom is -0.494 e. The summed E-state index contributed by atoms with van der Waals surface area (Å²) in [6, 6.07) is 14.0. The number of aryl methyl sites for hydroxylation is 1. The maximum atomic E-state index is 13.2. The fourth-order valence-electron chi connectivity index (χ4n) is 11.0. The van der Waals surface area contributed by atoms with Gasteiger partial charge in [-0.05, 0) is 127 Å². The van der Waals surface area contributed by atoms with Crippen LogP contribution in [0.5, 0.6) is 5.75 Å². The average Bonchev–Trinajstić information content (AvgIpc) is 3.70. The van der Waals surface area contributed by atoms with Crippen molar-refractivity contribution < 1.29 is 23.3 Å². The number of nitrogens with zero attached hydrogens (tertiary/aromatic N) is 9. The SMILES string of the molecule is C=S(C)(=O)Nc1c(Nc2nc(Nc3cc(CC)c(N4CCC(N5CCC(CN6CCN(c7ccc8c(c7)CN([C@H]7CCC(=O)NC7=O)C8=O)CC6)CC5)CC4)cc3OC)ncc2Br)ccc2nccnc12. The maximum absolute atomic E-state index is 13.2. The van der Waals surface area contributed by atoms with Crippen molar-refractivity contribution in [3.8, 4) is 5.75 Å². The highest BCUT2D eigenvalue weighted by atomic mass is 79.9. The molecule has 20 heteroatoms. The molecule has 5 aromatic rings. The molecule has 7 heterocycles. The molecule has 10 rings (SSSR count). The Kier molecular flexibility index (Phi) is 14.1. The number of carbonyl (C=O) groups excluding carboxylic acids is 3. The molecule has 5 aliphatic rings. The lowest BCUT2D eigenvalue weighted by molar-refractivity contribution is -0.136. The van der Waals surface area contributed by atoms with Crippen molar-refractivity contribution in [2.45, 2.75) is 70.5 Å². The second-order valence-corrected chi connectivity index (χ2v) is 22.5. The number of rotatable bonds is 14. The lowest BCUT2D eigenvalue weighted by atomic mass is 9.92. The van der Waals surface area contributed by atoms with Crippen molar-refractivity contribution >= 4 is 100 Å². The molecule has 18 nitrogen and oxygen atoms in total. The maximum Gasteiger partial charge on any atom is 0.255 e. The van der Waals surface area contributed by atoms with E-state index >= 15 is 0 Å². The summed E-state index contributed by atoms with van der Waals surface area (Å²) in [5, 5.41) is 9.17. The van der Waals surface area contributed by atoms with Crippen LogP contribution < -0.4 is 35.2 Å². The lowest BCUT2D eigenvalue weighted by Crippen LogP contribution is -2.52. The molecule has 4 N–H and O–H groups in total. The van der Waals surface area contributed by atoms with Crippen LogP contribution >= 0.6 is 15.9 Å². The number of halogens is 1. The molecular formula is C51H62BrN13O5S. The van der Waals surface area contributed by atoms with Gasteiger partial charge in [-0.1, -0.05) is 6.92 Å². The third-order valence-electron chi connectivity index (χ3n) is 14.7. The topological polar surface area (TPSA) is 193 Å². The van der Waals surface area contributed by atoms with E-state index < -0.39 is 15.7 Å². The number of hydrogen-bond acceptors (Lipinski definition) is 15. The van der Waals surface area contributed by atoms with Crippen LogP contribution in [0, 0.1) is 5.92 Å². The summed E-state index contributed by atoms with van der Waals surface area (Å²) in [4.78, 5) is 67.7. The van der Waals surface area contributed by atoms with E-state index in [1.807, 2.05) is 24.3 Å². The number of benzene rings is 3. The Morgan fingerprint density at radius 3 is 2.38 bits per heavy atom. The van der Waals surface area contributed by atoms with Crippen LogP contribution in [-0.2, 0) is 32.3 Å². The van der Waals surface area contributed by atoms with Crippen molar-refractivity contribution in [3.63, 3.8) is 0 Å². The molecule has 374 valence electrons. The van der Waals surface area contributed by atoms with Gasteiger partial charge in [0.25, 0.3) is 5.91 Å². The molecule has 71 heavy (non-hydrogen) atoms. The van der Waals surface area contributed by atoms with Gasteiger partial charge in [0, 0.05) is 122 Å². The first kappa shape index (κ1) is 48.5. The molecule has 3 amide bonds. The number of piperazine rings is 1. The van der Waals surface area contributed by atoms with E-state index in [0.717, 1.165) is 95.1 Å². The van der Waals surface area contributed by atoms with Crippen LogP contribution in [-0.4, -0.2) is 147 Å². The van der Waals surface area contributed by atoms with Crippen molar-refractivity contribution in [1.82, 2.24) is 40.0 Å². The number of imide groups is 1. The molecule has 1 unspecified atom stereocenters. The second-order valence-electron chi connectivity index (χ2n) is 19.4. The number of methoxy groups -OCH3 is 1. The zero-order chi connectivity index (χ0) is 49.4. The van der Waals surface area contributed by atoms with E-state index in [1.54, 1.807) is 30.6 Å². The van der Waals surface area contributed by atoms with Crippen LogP contribution in [0.4, 0.5) is 40.2 Å². The summed E-state index contributed by atoms with van der Waals surface area (Å²) in [6.45, 7) is 11.9. The molecule has 2 aromatic heterocycles. The molecule has 0 spiro atoms. The predicted molar refractivity (Wildman–Crippen MR) is 284 cm³/mol. The van der Waals surface area contributed by atoms with Crippen LogP contribution in [0.1, 0.15) is 66.9 Å². The minimum atomic E-state index is -2.65. The Hall–Kier alpha value is -6.09. The summed E-state index contributed by atoms with van der Waals surface area (Å²) in [7, 11) is -0.959. The van der Waals surface area contributed by atoms with Crippen LogP contribution in [0.3, 0.4) is 0 Å². The largest absolute Gasteiger partial charge is 0.494 e. The molecule has 4 fully saturated rings. The van der Waals surface area contributed by atoms with Gasteiger partial charge in [0.2, 0.25) is 17.8 Å². The predicted octanol–water partition coefficient (Wildman–Crippen LogP) is 6.18. The third-order valence-corrected chi connectivity index (χ3v) is 15.9. The standard InChI is InChI=1S/C51H62BrN13O5S/c1-5-33-27-41(57-51-55-29-38(52)48(59-51)56-40-9-8-39-46(54-17-16-53-39)47(40)60-71(3,4)69)44(70-2)28-43(33)64-20-14-35(15-21-64)62-18-12-32(13-19-62)30-61-22-24-63(25-23-61)36-6-7-37-34(26-36)31-65(50(37)68)42-10-11-45(66)58-49(42)67/h6-9,16-17,26-29,32,35,42H,3,5,10-15,18-25,30-31H2,1-2,4H3,(H,60,69)(H,58,66,67)(H2,55,56,57,59)/t42-,71?/m0/s1. The Labute approximate surface area is 423 Å². The highest BCUT2D eigenvalue weighted by Crippen LogP contribution is 2.39. The lowest BCUT2D eigenvalue weighted by Gasteiger charge is -2.44. The van der Waals surface area contributed by atoms with E-state index in [1.165, 1.54) is 30.3 Å². The van der Waals surface area contributed by atoms with Crippen molar-refractivity contribution in [2.75, 3.05) is 97.4 Å². The molecule has 4 saturated heterocycles. The number of anilines is 7. The van der Waals surface area contributed by atoms with Gasteiger partial charge in [-0.3, -0.25) is 34.6 Å². The number of carbonyl (C=O) groups is 3. The molecule has 0 radical (unpaired) electrons. The van der Waals surface area contributed by atoms with Crippen molar-refractivity contribution in [3.05, 3.63) is 82.2 Å². The number of likely N-dealkylation sites (tertiary alicyclic amines) is 1. The van der Waals surface area contributed by atoms with Gasteiger partial charge in [0.15, 0.2) is 0 Å². The zero-order valence-corrected chi connectivity index (χ0v) is 43.0. The van der Waals surface area contributed by atoms with Crippen molar-refractivity contribution in [2.24, 2.45) is 5.92 Å². The summed E-state index contributed by atoms with van der Waals surface area (Å²) in [5.41, 5.74) is 8.24. The number of amides is 3. The number of aromatic nitrogens is 4. The van der Waals surface area contributed by atoms with Crippen molar-refractivity contribution in [1.29, 1.82) is 0 Å². The number of hydrogen-bond donors (Lipinski definition) is 4. The van der Waals surface area contributed by atoms with E-state index in [9.17, 15) is 18.6 Å². The number of piperidine rings is 3. The second kappa shape index (κ2) is 20.6. The molecule has 0 aliphatic carbocycles. The van der Waals surface area contributed by atoms with Gasteiger partial charge >= 0.3 is 0 Å². The highest BCUT2D eigenvalue weighted by Gasteiger charge is 2.39. The monoisotopic (exact) mass is 1050 g/mol. The first-order chi connectivity index (χ1) is 34.3. The highest BCUT2D eigenvalue weighted by molar-refractivity contribution is 9.10. The summed E-state index contributed by atoms with van der Waals surface area (Å²) < 4.78 is 22.5. The quantitative estimate of drug-likeness (QED) is 0.0728. The van der Waals surface area contributed by atoms with E-state index in [0.29, 0.717) is 74.9 Å². The fourth-order valence-corrected chi connectivity index (χ4v) is 11.9. The third kappa shape index (κ3) is 10.6. The van der Waals surface area contributed by atoms with Crippen LogP contribution in [0.2, 0.25) is 0 Å². The van der Waals surface area contributed by atoms with Crippen LogP contribution in [0.15, 0.2) is 65.5 Å². The van der Waals surface area contributed by atoms with E-state index in [-0.39, 0.29) is 24.1 Å². The molecule has 0 bridgehead atoms. The minimum absolute atomic E-state index is 0.129. The Morgan fingerprint density at radius 1 is 0.873 bits per heavy atom. The van der Waals surface area contributed by atoms with Gasteiger partial charge in [-0.2, -0.15) is 4.98 Å². The number of nitrogens with one attached hydrogen (secondary N) is 4. The summed E-state index contributed by atoms with van der Waals surface area (Å²) in [5.74, 6) is 5.28. The molecule has 5 aliphatic heterocycles. The van der Waals surface area contributed by atoms with Gasteiger partial charge in [-0.15, -0.1) is 0 Å². The molecule has 0 saturated carbocycles. The normalized spacial score (nSPS) is 20.5. The van der Waals surface area contributed by atoms with E-state index in [4.69, 9.17) is 9.72 Å². The molecule has 3 aromatic carbocycles. The van der Waals surface area contributed by atoms with Gasteiger partial charge in [0.05, 0.1) is 34.2 Å². The van der Waals surface area contributed by atoms with Gasteiger partial charge in [-0.25, -0.2) is 9.19 Å². The summed E-state index contributed by atoms with van der Waals surface area (Å²) >= 11 is 3.60. The van der Waals surface area contributed by atoms with Gasteiger partial charge < -0.3 is 39.7 Å². The van der Waals surface area contributed by atoms with Gasteiger partial charge in [0.1, 0.15) is 23.1 Å².